The highest BCUT2D eigenvalue weighted by molar-refractivity contribution is 5.80. The highest BCUT2D eigenvalue weighted by Crippen LogP contribution is 2.22. The van der Waals surface area contributed by atoms with Gasteiger partial charge in [-0.1, -0.05) is 26.0 Å². The second-order valence-corrected chi connectivity index (χ2v) is 4.72. The predicted molar refractivity (Wildman–Crippen MR) is 64.1 cm³/mol. The Morgan fingerprint density at radius 1 is 1.16 bits per heavy atom. The van der Waals surface area contributed by atoms with Gasteiger partial charge >= 0.3 is 0 Å². The summed E-state index contributed by atoms with van der Waals surface area (Å²) in [7, 11) is 0. The summed E-state index contributed by atoms with van der Waals surface area (Å²) >= 11 is 0. The number of carbonyl (C=O) groups is 2. The Morgan fingerprint density at radius 2 is 1.74 bits per heavy atom. The minimum Gasteiger partial charge on any atom is -0.550 e. The lowest BCUT2D eigenvalue weighted by atomic mass is 9.96. The lowest BCUT2D eigenvalue weighted by Crippen LogP contribution is -2.34. The first-order valence-electron chi connectivity index (χ1n) is 6.03. The summed E-state index contributed by atoms with van der Waals surface area (Å²) in [4.78, 5) is 21.4. The molecule has 0 unspecified atom stereocenters. The van der Waals surface area contributed by atoms with Gasteiger partial charge in [-0.05, 0) is 30.0 Å². The van der Waals surface area contributed by atoms with Crippen LogP contribution in [0.5, 0.6) is 5.75 Å². The van der Waals surface area contributed by atoms with Crippen LogP contribution in [0.25, 0.3) is 0 Å². The van der Waals surface area contributed by atoms with Gasteiger partial charge in [0.15, 0.2) is 0 Å². The molecule has 1 rings (SSSR count). The van der Waals surface area contributed by atoms with E-state index < -0.39 is 24.3 Å². The van der Waals surface area contributed by atoms with Crippen molar-refractivity contribution in [3.05, 3.63) is 29.8 Å². The molecule has 19 heavy (non-hydrogen) atoms. The zero-order valence-corrected chi connectivity index (χ0v) is 10.9. The third kappa shape index (κ3) is 4.99. The molecule has 0 N–H and O–H groups in total. The molecule has 0 aromatic heterocycles. The van der Waals surface area contributed by atoms with Gasteiger partial charge in [-0.15, -0.1) is 0 Å². The number of carboxylic acid groups (broad SMARTS) is 2. The van der Waals surface area contributed by atoms with Crippen molar-refractivity contribution >= 4 is 11.9 Å². The number of hydrogen-bond acceptors (Lipinski definition) is 5. The number of ether oxygens (including phenoxy) is 1. The molecule has 0 saturated carbocycles. The first-order chi connectivity index (χ1) is 8.90. The van der Waals surface area contributed by atoms with E-state index in [4.69, 9.17) is 4.74 Å². The van der Waals surface area contributed by atoms with E-state index in [1.165, 1.54) is 12.1 Å². The SMILES string of the molecule is CC(C)COc1ccc([C@@H](CC(=O)[O-])C(=O)[O-])cc1. The summed E-state index contributed by atoms with van der Waals surface area (Å²) in [5.41, 5.74) is 0.362. The monoisotopic (exact) mass is 264 g/mol. The Morgan fingerprint density at radius 3 is 2.16 bits per heavy atom. The van der Waals surface area contributed by atoms with Gasteiger partial charge in [-0.2, -0.15) is 0 Å². The van der Waals surface area contributed by atoms with Crippen LogP contribution in [0.15, 0.2) is 24.3 Å². The van der Waals surface area contributed by atoms with Crippen LogP contribution in [0.3, 0.4) is 0 Å². The van der Waals surface area contributed by atoms with Crippen LogP contribution < -0.4 is 14.9 Å². The summed E-state index contributed by atoms with van der Waals surface area (Å²) in [5, 5.41) is 21.4. The lowest BCUT2D eigenvalue weighted by molar-refractivity contribution is -0.317. The molecule has 1 atom stereocenters. The number of aliphatic carboxylic acids is 2. The van der Waals surface area contributed by atoms with Crippen molar-refractivity contribution < 1.29 is 24.5 Å². The molecular weight excluding hydrogens is 248 g/mol. The molecular formula is C14H16O5-2. The van der Waals surface area contributed by atoms with Gasteiger partial charge in [0.1, 0.15) is 5.75 Å². The van der Waals surface area contributed by atoms with E-state index in [1.54, 1.807) is 12.1 Å². The fraction of sp³-hybridized carbons (Fsp3) is 0.429. The normalized spacial score (nSPS) is 12.2. The number of benzene rings is 1. The van der Waals surface area contributed by atoms with E-state index in [9.17, 15) is 19.8 Å². The van der Waals surface area contributed by atoms with Crippen LogP contribution in [0.1, 0.15) is 31.7 Å². The Bertz CT molecular complexity index is 436. The number of hydrogen-bond donors (Lipinski definition) is 0. The van der Waals surface area contributed by atoms with Gasteiger partial charge in [-0.25, -0.2) is 0 Å². The van der Waals surface area contributed by atoms with E-state index in [0.29, 0.717) is 23.8 Å². The van der Waals surface area contributed by atoms with Crippen LogP contribution in [0, 0.1) is 5.92 Å². The summed E-state index contributed by atoms with van der Waals surface area (Å²) in [6, 6.07) is 6.28. The Balaban J connectivity index is 2.77. The first kappa shape index (κ1) is 15.0. The molecule has 0 amide bonds. The maximum atomic E-state index is 10.9. The maximum Gasteiger partial charge on any atom is 0.119 e. The summed E-state index contributed by atoms with van der Waals surface area (Å²) in [6.45, 7) is 4.59. The minimum absolute atomic E-state index is 0.362. The molecule has 5 nitrogen and oxygen atoms in total. The fourth-order valence-corrected chi connectivity index (χ4v) is 1.56. The maximum absolute atomic E-state index is 10.9. The topological polar surface area (TPSA) is 89.5 Å². The molecule has 1 aromatic rings. The first-order valence-corrected chi connectivity index (χ1v) is 6.03. The Kier molecular flexibility index (Phi) is 5.36. The van der Waals surface area contributed by atoms with Crippen molar-refractivity contribution in [2.75, 3.05) is 6.61 Å². The van der Waals surface area contributed by atoms with Gasteiger partial charge in [0, 0.05) is 17.9 Å². The molecule has 104 valence electrons. The molecule has 0 aliphatic carbocycles. The third-order valence-corrected chi connectivity index (χ3v) is 2.52. The molecule has 0 spiro atoms. The highest BCUT2D eigenvalue weighted by atomic mass is 16.5. The molecule has 1 aromatic carbocycles. The molecule has 0 heterocycles. The molecule has 0 saturated heterocycles. The number of carbonyl (C=O) groups excluding carboxylic acids is 2. The average molecular weight is 264 g/mol. The van der Waals surface area contributed by atoms with E-state index in [1.807, 2.05) is 13.8 Å². The summed E-state index contributed by atoms with van der Waals surface area (Å²) in [5.74, 6) is -3.06. The molecule has 0 fully saturated rings. The van der Waals surface area contributed by atoms with Gasteiger partial charge < -0.3 is 24.5 Å². The van der Waals surface area contributed by atoms with Gasteiger partial charge in [-0.3, -0.25) is 0 Å². The molecule has 0 aliphatic rings. The summed E-state index contributed by atoms with van der Waals surface area (Å²) in [6.07, 6.45) is -0.603. The summed E-state index contributed by atoms with van der Waals surface area (Å²) < 4.78 is 5.45. The van der Waals surface area contributed by atoms with E-state index in [-0.39, 0.29) is 0 Å². The van der Waals surface area contributed by atoms with E-state index in [2.05, 4.69) is 0 Å². The van der Waals surface area contributed by atoms with E-state index in [0.717, 1.165) is 0 Å². The Hall–Kier alpha value is -2.04. The van der Waals surface area contributed by atoms with Crippen LogP contribution >= 0.6 is 0 Å². The molecule has 0 aliphatic heterocycles. The van der Waals surface area contributed by atoms with Crippen molar-refractivity contribution in [2.45, 2.75) is 26.2 Å². The van der Waals surface area contributed by atoms with Crippen LogP contribution in [-0.2, 0) is 9.59 Å². The standard InChI is InChI=1S/C14H18O5/c1-9(2)8-19-11-5-3-10(4-6-11)12(14(17)18)7-13(15)16/h3-6,9,12H,7-8H2,1-2H3,(H,15,16)(H,17,18)/p-2/t12-/m1/s1. The smallest absolute Gasteiger partial charge is 0.119 e. The quantitative estimate of drug-likeness (QED) is 0.674. The van der Waals surface area contributed by atoms with Crippen LogP contribution in [-0.4, -0.2) is 18.5 Å². The minimum atomic E-state index is -1.43. The third-order valence-electron chi connectivity index (χ3n) is 2.52. The zero-order valence-electron chi connectivity index (χ0n) is 10.9. The highest BCUT2D eigenvalue weighted by Gasteiger charge is 2.13. The number of carboxylic acids is 2. The molecule has 5 heteroatoms. The van der Waals surface area contributed by atoms with Crippen molar-refractivity contribution in [1.82, 2.24) is 0 Å². The lowest BCUT2D eigenvalue weighted by Gasteiger charge is -2.19. The molecule has 0 bridgehead atoms. The average Bonchev–Trinajstić information content (AvgIpc) is 2.33. The van der Waals surface area contributed by atoms with Gasteiger partial charge in [0.05, 0.1) is 6.61 Å². The predicted octanol–water partition coefficient (Wildman–Crippen LogP) is -0.305. The second kappa shape index (κ2) is 6.78. The second-order valence-electron chi connectivity index (χ2n) is 4.72. The Labute approximate surface area is 111 Å². The van der Waals surface area contributed by atoms with Gasteiger partial charge in [0.2, 0.25) is 0 Å². The van der Waals surface area contributed by atoms with Crippen molar-refractivity contribution in [3.8, 4) is 5.75 Å². The largest absolute Gasteiger partial charge is 0.550 e. The van der Waals surface area contributed by atoms with Crippen molar-refractivity contribution in [2.24, 2.45) is 5.92 Å². The molecule has 0 radical (unpaired) electrons. The van der Waals surface area contributed by atoms with Crippen molar-refractivity contribution in [3.63, 3.8) is 0 Å². The fourth-order valence-electron chi connectivity index (χ4n) is 1.56. The van der Waals surface area contributed by atoms with Crippen LogP contribution in [0.2, 0.25) is 0 Å². The van der Waals surface area contributed by atoms with Crippen LogP contribution in [0.4, 0.5) is 0 Å². The van der Waals surface area contributed by atoms with Crippen molar-refractivity contribution in [1.29, 1.82) is 0 Å². The van der Waals surface area contributed by atoms with Gasteiger partial charge in [0.25, 0.3) is 0 Å². The number of rotatable bonds is 7. The van der Waals surface area contributed by atoms with E-state index >= 15 is 0 Å². The zero-order chi connectivity index (χ0) is 14.4.